The normalized spacial score (nSPS) is 13.8. The first-order chi connectivity index (χ1) is 7.89. The molecule has 5 nitrogen and oxygen atoms in total. The Morgan fingerprint density at radius 1 is 1.59 bits per heavy atom. The summed E-state index contributed by atoms with van der Waals surface area (Å²) in [6.07, 6.45) is 2.15. The van der Waals surface area contributed by atoms with Crippen LogP contribution in [0.5, 0.6) is 0 Å². The van der Waals surface area contributed by atoms with Gasteiger partial charge in [0.05, 0.1) is 5.69 Å². The zero-order chi connectivity index (χ0) is 13.1. The van der Waals surface area contributed by atoms with Crippen molar-refractivity contribution in [3.05, 3.63) is 24.0 Å². The molecule has 0 aromatic carbocycles. The number of anilines is 1. The smallest absolute Gasteiger partial charge is 0.242 e. The van der Waals surface area contributed by atoms with Gasteiger partial charge in [-0.2, -0.15) is 0 Å². The molecule has 6 heteroatoms. The Hall–Kier alpha value is -1.69. The van der Waals surface area contributed by atoms with Gasteiger partial charge in [-0.15, -0.1) is 0 Å². The highest BCUT2D eigenvalue weighted by molar-refractivity contribution is 7.80. The molecule has 0 saturated heterocycles. The third-order valence-corrected chi connectivity index (χ3v) is 2.89. The molecule has 0 saturated carbocycles. The SMILES string of the molecule is CCC(C)(Nc1ccnc(C(N)=S)c1)C(N)=O. The predicted molar refractivity (Wildman–Crippen MR) is 71.6 cm³/mol. The average Bonchev–Trinajstić information content (AvgIpc) is 2.29. The summed E-state index contributed by atoms with van der Waals surface area (Å²) in [4.78, 5) is 15.6. The van der Waals surface area contributed by atoms with E-state index in [2.05, 4.69) is 10.3 Å². The number of nitrogens with zero attached hydrogens (tertiary/aromatic N) is 1. The van der Waals surface area contributed by atoms with Gasteiger partial charge >= 0.3 is 0 Å². The fraction of sp³-hybridized carbons (Fsp3) is 0.364. The molecule has 1 amide bonds. The van der Waals surface area contributed by atoms with E-state index in [9.17, 15) is 4.79 Å². The highest BCUT2D eigenvalue weighted by atomic mass is 32.1. The lowest BCUT2D eigenvalue weighted by atomic mass is 9.97. The molecule has 1 atom stereocenters. The number of carbonyl (C=O) groups is 1. The molecule has 0 aliphatic carbocycles. The lowest BCUT2D eigenvalue weighted by molar-refractivity contribution is -0.121. The van der Waals surface area contributed by atoms with E-state index in [0.29, 0.717) is 17.8 Å². The van der Waals surface area contributed by atoms with E-state index < -0.39 is 11.4 Å². The lowest BCUT2D eigenvalue weighted by Gasteiger charge is -2.27. The molecule has 17 heavy (non-hydrogen) atoms. The van der Waals surface area contributed by atoms with E-state index in [4.69, 9.17) is 23.7 Å². The van der Waals surface area contributed by atoms with Crippen LogP contribution in [0.25, 0.3) is 0 Å². The summed E-state index contributed by atoms with van der Waals surface area (Å²) in [6, 6.07) is 3.43. The maximum atomic E-state index is 11.4. The van der Waals surface area contributed by atoms with Crippen LogP contribution in [0.3, 0.4) is 0 Å². The van der Waals surface area contributed by atoms with Crippen molar-refractivity contribution in [1.82, 2.24) is 4.98 Å². The first kappa shape index (κ1) is 13.4. The molecule has 0 aliphatic rings. The van der Waals surface area contributed by atoms with Crippen LogP contribution in [0, 0.1) is 0 Å². The van der Waals surface area contributed by atoms with Crippen molar-refractivity contribution in [2.75, 3.05) is 5.32 Å². The molecule has 92 valence electrons. The maximum Gasteiger partial charge on any atom is 0.242 e. The Kier molecular flexibility index (Phi) is 4.01. The number of thiocarbonyl (C=S) groups is 1. The zero-order valence-electron chi connectivity index (χ0n) is 9.86. The van der Waals surface area contributed by atoms with Crippen molar-refractivity contribution in [3.8, 4) is 0 Å². The van der Waals surface area contributed by atoms with Gasteiger partial charge in [0, 0.05) is 11.9 Å². The summed E-state index contributed by atoms with van der Waals surface area (Å²) in [7, 11) is 0. The van der Waals surface area contributed by atoms with Gasteiger partial charge in [-0.05, 0) is 25.5 Å². The molecule has 1 aromatic rings. The van der Waals surface area contributed by atoms with Crippen LogP contribution < -0.4 is 16.8 Å². The molecule has 5 N–H and O–H groups in total. The lowest BCUT2D eigenvalue weighted by Crippen LogP contribution is -2.47. The fourth-order valence-electron chi connectivity index (χ4n) is 1.29. The van der Waals surface area contributed by atoms with Gasteiger partial charge in [0.2, 0.25) is 5.91 Å². The number of carbonyl (C=O) groups excluding carboxylic acids is 1. The van der Waals surface area contributed by atoms with Crippen molar-refractivity contribution in [1.29, 1.82) is 0 Å². The summed E-state index contributed by atoms with van der Waals surface area (Å²) >= 11 is 4.84. The van der Waals surface area contributed by atoms with Gasteiger partial charge in [0.1, 0.15) is 10.5 Å². The van der Waals surface area contributed by atoms with Crippen molar-refractivity contribution >= 4 is 28.8 Å². The molecular formula is C11H16N4OS. The highest BCUT2D eigenvalue weighted by Crippen LogP contribution is 2.18. The summed E-state index contributed by atoms with van der Waals surface area (Å²) in [5.74, 6) is -0.409. The van der Waals surface area contributed by atoms with Crippen LogP contribution >= 0.6 is 12.2 Å². The Bertz CT molecular complexity index is 449. The second-order valence-corrected chi connectivity index (χ2v) is 4.41. The molecule has 1 aromatic heterocycles. The van der Waals surface area contributed by atoms with Crippen molar-refractivity contribution in [3.63, 3.8) is 0 Å². The number of pyridine rings is 1. The minimum Gasteiger partial charge on any atom is -0.388 e. The molecule has 1 unspecified atom stereocenters. The average molecular weight is 252 g/mol. The van der Waals surface area contributed by atoms with Gasteiger partial charge in [-0.25, -0.2) is 0 Å². The number of rotatable bonds is 5. The van der Waals surface area contributed by atoms with Crippen LogP contribution in [0.15, 0.2) is 18.3 Å². The van der Waals surface area contributed by atoms with Crippen LogP contribution in [0.1, 0.15) is 26.0 Å². The molecule has 1 rings (SSSR count). The van der Waals surface area contributed by atoms with Crippen LogP contribution in [-0.2, 0) is 4.79 Å². The standard InChI is InChI=1S/C11H16N4OS/c1-3-11(2,10(13)16)15-7-4-5-14-8(6-7)9(12)17/h4-6H,3H2,1-2H3,(H2,12,17)(H2,13,16)(H,14,15). The van der Waals surface area contributed by atoms with Gasteiger partial charge in [0.15, 0.2) is 0 Å². The van der Waals surface area contributed by atoms with Crippen LogP contribution in [0.2, 0.25) is 0 Å². The van der Waals surface area contributed by atoms with Gasteiger partial charge in [-0.3, -0.25) is 9.78 Å². The molecule has 0 radical (unpaired) electrons. The van der Waals surface area contributed by atoms with E-state index in [0.717, 1.165) is 0 Å². The number of hydrogen-bond acceptors (Lipinski definition) is 4. The highest BCUT2D eigenvalue weighted by Gasteiger charge is 2.28. The number of nitrogens with two attached hydrogens (primary N) is 2. The van der Waals surface area contributed by atoms with E-state index in [-0.39, 0.29) is 4.99 Å². The number of amides is 1. The number of primary amides is 1. The third-order valence-electron chi connectivity index (χ3n) is 2.68. The monoisotopic (exact) mass is 252 g/mol. The topological polar surface area (TPSA) is 94.0 Å². The maximum absolute atomic E-state index is 11.4. The van der Waals surface area contributed by atoms with E-state index in [1.807, 2.05) is 6.92 Å². The summed E-state index contributed by atoms with van der Waals surface area (Å²) in [5, 5.41) is 3.07. The molecule has 0 fully saturated rings. The largest absolute Gasteiger partial charge is 0.388 e. The molecular weight excluding hydrogens is 236 g/mol. The number of nitrogens with one attached hydrogen (secondary N) is 1. The van der Waals surface area contributed by atoms with E-state index in [1.54, 1.807) is 25.3 Å². The first-order valence-corrected chi connectivity index (χ1v) is 5.64. The Morgan fingerprint density at radius 3 is 2.71 bits per heavy atom. The molecule has 1 heterocycles. The Labute approximate surface area is 106 Å². The zero-order valence-corrected chi connectivity index (χ0v) is 10.7. The molecule has 0 bridgehead atoms. The fourth-order valence-corrected chi connectivity index (χ4v) is 1.40. The first-order valence-electron chi connectivity index (χ1n) is 5.23. The second kappa shape index (κ2) is 5.09. The third kappa shape index (κ3) is 3.13. The van der Waals surface area contributed by atoms with Gasteiger partial charge < -0.3 is 16.8 Å². The summed E-state index contributed by atoms with van der Waals surface area (Å²) in [5.41, 5.74) is 11.3. The number of aromatic nitrogens is 1. The summed E-state index contributed by atoms with van der Waals surface area (Å²) in [6.45, 7) is 3.63. The minimum absolute atomic E-state index is 0.214. The van der Waals surface area contributed by atoms with Crippen molar-refractivity contribution in [2.45, 2.75) is 25.8 Å². The van der Waals surface area contributed by atoms with Crippen LogP contribution in [-0.4, -0.2) is 21.4 Å². The van der Waals surface area contributed by atoms with E-state index in [1.165, 1.54) is 0 Å². The minimum atomic E-state index is -0.797. The van der Waals surface area contributed by atoms with Crippen molar-refractivity contribution in [2.24, 2.45) is 11.5 Å². The second-order valence-electron chi connectivity index (χ2n) is 3.97. The molecule has 0 aliphatic heterocycles. The number of hydrogen-bond donors (Lipinski definition) is 3. The van der Waals surface area contributed by atoms with Crippen molar-refractivity contribution < 1.29 is 4.79 Å². The molecule has 0 spiro atoms. The van der Waals surface area contributed by atoms with Crippen LogP contribution in [0.4, 0.5) is 5.69 Å². The summed E-state index contributed by atoms with van der Waals surface area (Å²) < 4.78 is 0. The predicted octanol–water partition coefficient (Wildman–Crippen LogP) is 0.782. The quantitative estimate of drug-likeness (QED) is 0.673. The Morgan fingerprint density at radius 2 is 2.24 bits per heavy atom. The van der Waals surface area contributed by atoms with Gasteiger partial charge in [-0.1, -0.05) is 19.1 Å². The van der Waals surface area contributed by atoms with E-state index >= 15 is 0 Å². The van der Waals surface area contributed by atoms with Gasteiger partial charge in [0.25, 0.3) is 0 Å². The Balaban J connectivity index is 2.98.